The van der Waals surface area contributed by atoms with Gasteiger partial charge in [-0.2, -0.15) is 0 Å². The summed E-state index contributed by atoms with van der Waals surface area (Å²) in [6.07, 6.45) is 2.83. The van der Waals surface area contributed by atoms with Crippen LogP contribution in [0.1, 0.15) is 24.4 Å². The van der Waals surface area contributed by atoms with Crippen molar-refractivity contribution in [1.29, 1.82) is 0 Å². The van der Waals surface area contributed by atoms with Crippen molar-refractivity contribution in [2.45, 2.75) is 19.4 Å². The molecule has 0 spiro atoms. The van der Waals surface area contributed by atoms with Gasteiger partial charge < -0.3 is 10.7 Å². The number of nitrogens with two attached hydrogens (primary N) is 1. The van der Waals surface area contributed by atoms with Crippen LogP contribution in [-0.4, -0.2) is 9.97 Å². The summed E-state index contributed by atoms with van der Waals surface area (Å²) in [7, 11) is 0. The smallest absolute Gasteiger partial charge is 0.110 e. The summed E-state index contributed by atoms with van der Waals surface area (Å²) in [5.41, 5.74) is 7.94. The number of aromatic nitrogens is 2. The van der Waals surface area contributed by atoms with E-state index in [2.05, 4.69) is 16.9 Å². The highest BCUT2D eigenvalue weighted by molar-refractivity contribution is 7.10. The fourth-order valence-electron chi connectivity index (χ4n) is 1.25. The van der Waals surface area contributed by atoms with Gasteiger partial charge in [-0.25, -0.2) is 4.98 Å². The first kappa shape index (κ1) is 9.43. The first-order valence-electron chi connectivity index (χ1n) is 4.66. The molecule has 0 radical (unpaired) electrons. The minimum atomic E-state index is 0.0729. The molecule has 2 aromatic rings. The number of aromatic amines is 1. The Balaban J connectivity index is 2.26. The van der Waals surface area contributed by atoms with E-state index in [9.17, 15) is 0 Å². The summed E-state index contributed by atoms with van der Waals surface area (Å²) < 4.78 is 0. The zero-order chi connectivity index (χ0) is 9.97. The van der Waals surface area contributed by atoms with Gasteiger partial charge >= 0.3 is 0 Å². The first-order valence-corrected chi connectivity index (χ1v) is 5.54. The normalized spacial score (nSPS) is 13.0. The van der Waals surface area contributed by atoms with E-state index in [1.54, 1.807) is 11.3 Å². The number of nitrogens with zero attached hydrogens (tertiary/aromatic N) is 1. The Morgan fingerprint density at radius 1 is 1.64 bits per heavy atom. The quantitative estimate of drug-likeness (QED) is 0.812. The van der Waals surface area contributed by atoms with Crippen LogP contribution in [0.25, 0.3) is 11.4 Å². The van der Waals surface area contributed by atoms with Gasteiger partial charge in [0.1, 0.15) is 5.01 Å². The van der Waals surface area contributed by atoms with Crippen molar-refractivity contribution in [3.8, 4) is 11.4 Å². The standard InChI is InChI=1S/C10H13N3S/c1-2-7(11)10-13-9(6-14-10)8-4-3-5-12-8/h3-7,12H,2,11H2,1H3. The molecule has 0 fully saturated rings. The summed E-state index contributed by atoms with van der Waals surface area (Å²) in [5.74, 6) is 0. The lowest BCUT2D eigenvalue weighted by molar-refractivity contribution is 0.693. The van der Waals surface area contributed by atoms with Crippen molar-refractivity contribution in [1.82, 2.24) is 9.97 Å². The summed E-state index contributed by atoms with van der Waals surface area (Å²) in [4.78, 5) is 7.61. The van der Waals surface area contributed by atoms with Crippen molar-refractivity contribution in [3.63, 3.8) is 0 Å². The monoisotopic (exact) mass is 207 g/mol. The Hall–Kier alpha value is -1.13. The molecule has 0 aliphatic heterocycles. The fourth-order valence-corrected chi connectivity index (χ4v) is 2.15. The lowest BCUT2D eigenvalue weighted by atomic mass is 10.2. The van der Waals surface area contributed by atoms with Gasteiger partial charge in [0.15, 0.2) is 0 Å². The van der Waals surface area contributed by atoms with E-state index in [4.69, 9.17) is 5.73 Å². The largest absolute Gasteiger partial charge is 0.360 e. The summed E-state index contributed by atoms with van der Waals surface area (Å²) >= 11 is 1.62. The summed E-state index contributed by atoms with van der Waals surface area (Å²) in [5, 5.41) is 3.05. The van der Waals surface area contributed by atoms with Crippen molar-refractivity contribution in [3.05, 3.63) is 28.7 Å². The van der Waals surface area contributed by atoms with E-state index in [-0.39, 0.29) is 6.04 Å². The number of hydrogen-bond acceptors (Lipinski definition) is 3. The van der Waals surface area contributed by atoms with Crippen LogP contribution in [-0.2, 0) is 0 Å². The third-order valence-corrected chi connectivity index (χ3v) is 3.13. The highest BCUT2D eigenvalue weighted by atomic mass is 32.1. The average Bonchev–Trinajstić information content (AvgIpc) is 2.86. The van der Waals surface area contributed by atoms with Gasteiger partial charge in [-0.3, -0.25) is 0 Å². The minimum Gasteiger partial charge on any atom is -0.360 e. The number of thiazole rings is 1. The maximum Gasteiger partial charge on any atom is 0.110 e. The second-order valence-corrected chi connectivity index (χ2v) is 4.06. The molecule has 4 heteroatoms. The van der Waals surface area contributed by atoms with Gasteiger partial charge in [0.2, 0.25) is 0 Å². The third-order valence-electron chi connectivity index (χ3n) is 2.15. The van der Waals surface area contributed by atoms with Crippen LogP contribution in [0.5, 0.6) is 0 Å². The summed E-state index contributed by atoms with van der Waals surface area (Å²) in [6, 6.07) is 4.05. The first-order chi connectivity index (χ1) is 6.81. The van der Waals surface area contributed by atoms with Crippen LogP contribution in [0.15, 0.2) is 23.7 Å². The van der Waals surface area contributed by atoms with Crippen LogP contribution in [0.4, 0.5) is 0 Å². The van der Waals surface area contributed by atoms with E-state index in [1.165, 1.54) is 0 Å². The Labute approximate surface area is 87.0 Å². The Kier molecular flexibility index (Phi) is 2.65. The van der Waals surface area contributed by atoms with Crippen molar-refractivity contribution in [2.75, 3.05) is 0 Å². The van der Waals surface area contributed by atoms with Crippen LogP contribution < -0.4 is 5.73 Å². The third kappa shape index (κ3) is 1.71. The predicted molar refractivity (Wildman–Crippen MR) is 59.1 cm³/mol. The maximum atomic E-state index is 5.90. The molecule has 0 aliphatic rings. The fraction of sp³-hybridized carbons (Fsp3) is 0.300. The molecule has 0 saturated heterocycles. The second kappa shape index (κ2) is 3.94. The predicted octanol–water partition coefficient (Wildman–Crippen LogP) is 2.55. The van der Waals surface area contributed by atoms with E-state index in [1.807, 2.05) is 23.7 Å². The molecule has 2 aromatic heterocycles. The molecule has 0 aromatic carbocycles. The van der Waals surface area contributed by atoms with Gasteiger partial charge in [0.05, 0.1) is 17.4 Å². The van der Waals surface area contributed by atoms with Gasteiger partial charge in [-0.1, -0.05) is 6.92 Å². The number of hydrogen-bond donors (Lipinski definition) is 2. The van der Waals surface area contributed by atoms with Crippen LogP contribution in [0.3, 0.4) is 0 Å². The molecule has 3 nitrogen and oxygen atoms in total. The molecule has 14 heavy (non-hydrogen) atoms. The van der Waals surface area contributed by atoms with Crippen molar-refractivity contribution < 1.29 is 0 Å². The van der Waals surface area contributed by atoms with Crippen LogP contribution in [0, 0.1) is 0 Å². The van der Waals surface area contributed by atoms with Gasteiger partial charge in [0, 0.05) is 11.6 Å². The molecular weight excluding hydrogens is 194 g/mol. The van der Waals surface area contributed by atoms with Crippen LogP contribution in [0.2, 0.25) is 0 Å². The molecule has 2 heterocycles. The number of H-pyrrole nitrogens is 1. The van der Waals surface area contributed by atoms with Crippen LogP contribution >= 0.6 is 11.3 Å². The molecule has 74 valence electrons. The molecule has 1 unspecified atom stereocenters. The Morgan fingerprint density at radius 3 is 3.14 bits per heavy atom. The number of rotatable bonds is 3. The van der Waals surface area contributed by atoms with Gasteiger partial charge in [0.25, 0.3) is 0 Å². The van der Waals surface area contributed by atoms with Crippen molar-refractivity contribution >= 4 is 11.3 Å². The van der Waals surface area contributed by atoms with Gasteiger partial charge in [-0.05, 0) is 18.6 Å². The molecular formula is C10H13N3S. The maximum absolute atomic E-state index is 5.90. The Morgan fingerprint density at radius 2 is 2.50 bits per heavy atom. The highest BCUT2D eigenvalue weighted by Gasteiger charge is 2.09. The molecule has 1 atom stereocenters. The molecule has 3 N–H and O–H groups in total. The second-order valence-electron chi connectivity index (χ2n) is 3.17. The van der Waals surface area contributed by atoms with E-state index in [0.29, 0.717) is 0 Å². The molecule has 0 aliphatic carbocycles. The lowest BCUT2D eigenvalue weighted by Gasteiger charge is -2.02. The summed E-state index contributed by atoms with van der Waals surface area (Å²) in [6.45, 7) is 2.07. The average molecular weight is 207 g/mol. The van der Waals surface area contributed by atoms with E-state index in [0.717, 1.165) is 22.8 Å². The zero-order valence-electron chi connectivity index (χ0n) is 8.03. The minimum absolute atomic E-state index is 0.0729. The van der Waals surface area contributed by atoms with Crippen molar-refractivity contribution in [2.24, 2.45) is 5.73 Å². The molecule has 0 saturated carbocycles. The van der Waals surface area contributed by atoms with E-state index < -0.39 is 0 Å². The number of nitrogens with one attached hydrogen (secondary N) is 1. The van der Waals surface area contributed by atoms with E-state index >= 15 is 0 Å². The molecule has 0 amide bonds. The van der Waals surface area contributed by atoms with Gasteiger partial charge in [-0.15, -0.1) is 11.3 Å². The molecule has 2 rings (SSSR count). The lowest BCUT2D eigenvalue weighted by Crippen LogP contribution is -2.07. The highest BCUT2D eigenvalue weighted by Crippen LogP contribution is 2.24. The Bertz CT molecular complexity index is 391. The zero-order valence-corrected chi connectivity index (χ0v) is 8.84. The molecule has 0 bridgehead atoms. The SMILES string of the molecule is CCC(N)c1nc(-c2ccc[nH]2)cs1. The topological polar surface area (TPSA) is 54.7 Å².